The summed E-state index contributed by atoms with van der Waals surface area (Å²) >= 11 is 3.00. The van der Waals surface area contributed by atoms with Gasteiger partial charge in [0.2, 0.25) is 0 Å². The van der Waals surface area contributed by atoms with E-state index >= 15 is 0 Å². The van der Waals surface area contributed by atoms with E-state index < -0.39 is 17.7 Å². The number of aromatic nitrogens is 1. The molecule has 20 heavy (non-hydrogen) atoms. The van der Waals surface area contributed by atoms with E-state index in [0.29, 0.717) is 0 Å². The Morgan fingerprint density at radius 2 is 1.90 bits per heavy atom. The lowest BCUT2D eigenvalue weighted by molar-refractivity contribution is 0.0690. The second-order valence-electron chi connectivity index (χ2n) is 3.80. The van der Waals surface area contributed by atoms with E-state index in [1.54, 1.807) is 0 Å². The third-order valence-corrected chi connectivity index (χ3v) is 3.02. The number of carbonyl (C=O) groups excluding carboxylic acids is 1. The van der Waals surface area contributed by atoms with Crippen LogP contribution in [0.25, 0.3) is 0 Å². The van der Waals surface area contributed by atoms with Crippen LogP contribution in [-0.4, -0.2) is 22.0 Å². The van der Waals surface area contributed by atoms with Crippen molar-refractivity contribution in [1.29, 1.82) is 0 Å². The Morgan fingerprint density at radius 3 is 2.55 bits per heavy atom. The van der Waals surface area contributed by atoms with E-state index in [1.807, 2.05) is 0 Å². The first kappa shape index (κ1) is 14.1. The zero-order valence-corrected chi connectivity index (χ0v) is 11.5. The number of halogens is 2. The summed E-state index contributed by atoms with van der Waals surface area (Å²) in [6.07, 6.45) is 0. The van der Waals surface area contributed by atoms with Gasteiger partial charge in [0.05, 0.1) is 4.47 Å². The van der Waals surface area contributed by atoms with Crippen LogP contribution in [-0.2, 0) is 0 Å². The Kier molecular flexibility index (Phi) is 4.09. The molecule has 0 aliphatic heterocycles. The predicted molar refractivity (Wildman–Crippen MR) is 73.2 cm³/mol. The lowest BCUT2D eigenvalue weighted by Gasteiger charge is -2.06. The molecule has 0 aliphatic rings. The molecule has 1 amide bonds. The third kappa shape index (κ3) is 3.18. The third-order valence-electron chi connectivity index (χ3n) is 2.38. The average molecular weight is 339 g/mol. The highest BCUT2D eigenvalue weighted by atomic mass is 79.9. The van der Waals surface area contributed by atoms with Crippen molar-refractivity contribution >= 4 is 33.5 Å². The molecule has 0 fully saturated rings. The Labute approximate surface area is 121 Å². The highest BCUT2D eigenvalue weighted by Gasteiger charge is 2.12. The number of pyridine rings is 1. The quantitative estimate of drug-likeness (QED) is 0.901. The summed E-state index contributed by atoms with van der Waals surface area (Å²) in [5.74, 6) is -2.36. The van der Waals surface area contributed by atoms with Gasteiger partial charge in [-0.05, 0) is 46.3 Å². The van der Waals surface area contributed by atoms with Gasteiger partial charge in [0.15, 0.2) is 0 Å². The summed E-state index contributed by atoms with van der Waals surface area (Å²) in [5.41, 5.74) is -0.0499. The zero-order valence-electron chi connectivity index (χ0n) is 9.93. The Bertz CT molecular complexity index is 691. The summed E-state index contributed by atoms with van der Waals surface area (Å²) in [4.78, 5) is 26.3. The molecule has 0 saturated heterocycles. The predicted octanol–water partition coefficient (Wildman–Crippen LogP) is 2.93. The number of hydrogen-bond acceptors (Lipinski definition) is 3. The number of nitrogens with zero attached hydrogens (tertiary/aromatic N) is 1. The van der Waals surface area contributed by atoms with Gasteiger partial charge >= 0.3 is 5.97 Å². The molecule has 0 unspecified atom stereocenters. The van der Waals surface area contributed by atoms with Crippen LogP contribution in [0.2, 0.25) is 0 Å². The smallest absolute Gasteiger partial charge is 0.354 e. The SMILES string of the molecule is O=C(O)c1cccc(C(=O)Nc2ccc(Br)c(F)c2)n1. The number of benzene rings is 1. The van der Waals surface area contributed by atoms with Crippen LogP contribution in [0.15, 0.2) is 40.9 Å². The van der Waals surface area contributed by atoms with Crippen LogP contribution in [0.4, 0.5) is 10.1 Å². The van der Waals surface area contributed by atoms with Crippen LogP contribution in [0.3, 0.4) is 0 Å². The molecule has 1 aromatic heterocycles. The van der Waals surface area contributed by atoms with Crippen molar-refractivity contribution in [2.45, 2.75) is 0 Å². The fourth-order valence-electron chi connectivity index (χ4n) is 1.45. The summed E-state index contributed by atoms with van der Waals surface area (Å²) in [7, 11) is 0. The van der Waals surface area contributed by atoms with E-state index in [4.69, 9.17) is 5.11 Å². The van der Waals surface area contributed by atoms with Gasteiger partial charge in [-0.1, -0.05) is 6.07 Å². The maximum absolute atomic E-state index is 13.3. The molecule has 5 nitrogen and oxygen atoms in total. The van der Waals surface area contributed by atoms with Crippen molar-refractivity contribution in [3.63, 3.8) is 0 Å². The highest BCUT2D eigenvalue weighted by Crippen LogP contribution is 2.19. The Morgan fingerprint density at radius 1 is 1.20 bits per heavy atom. The van der Waals surface area contributed by atoms with Crippen molar-refractivity contribution in [3.05, 3.63) is 58.1 Å². The largest absolute Gasteiger partial charge is 0.477 e. The topological polar surface area (TPSA) is 79.3 Å². The van der Waals surface area contributed by atoms with E-state index in [0.717, 1.165) is 6.07 Å². The molecule has 0 saturated carbocycles. The molecule has 0 spiro atoms. The van der Waals surface area contributed by atoms with E-state index in [9.17, 15) is 14.0 Å². The van der Waals surface area contributed by atoms with Crippen molar-refractivity contribution in [2.24, 2.45) is 0 Å². The first-order chi connectivity index (χ1) is 9.47. The maximum atomic E-state index is 13.3. The molecule has 102 valence electrons. The molecule has 2 rings (SSSR count). The van der Waals surface area contributed by atoms with E-state index in [-0.39, 0.29) is 21.5 Å². The normalized spacial score (nSPS) is 10.1. The standard InChI is InChI=1S/C13H8BrFN2O3/c14-8-5-4-7(6-9(8)15)16-12(18)10-2-1-3-11(17-10)13(19)20/h1-6H,(H,16,18)(H,19,20). The van der Waals surface area contributed by atoms with Crippen molar-refractivity contribution in [3.8, 4) is 0 Å². The molecule has 7 heteroatoms. The monoisotopic (exact) mass is 338 g/mol. The molecule has 0 bridgehead atoms. The Balaban J connectivity index is 2.21. The van der Waals surface area contributed by atoms with Crippen molar-refractivity contribution in [2.75, 3.05) is 5.32 Å². The number of nitrogens with one attached hydrogen (secondary N) is 1. The van der Waals surface area contributed by atoms with Gasteiger partial charge in [0, 0.05) is 5.69 Å². The summed E-state index contributed by atoms with van der Waals surface area (Å²) in [5, 5.41) is 11.2. The van der Waals surface area contributed by atoms with Gasteiger partial charge in [0.1, 0.15) is 17.2 Å². The molecule has 1 heterocycles. The average Bonchev–Trinajstić information content (AvgIpc) is 2.43. The van der Waals surface area contributed by atoms with Gasteiger partial charge in [0.25, 0.3) is 5.91 Å². The minimum Gasteiger partial charge on any atom is -0.477 e. The summed E-state index contributed by atoms with van der Waals surface area (Å²) in [6.45, 7) is 0. The van der Waals surface area contributed by atoms with Crippen molar-refractivity contribution in [1.82, 2.24) is 4.98 Å². The lowest BCUT2D eigenvalue weighted by Crippen LogP contribution is -2.15. The summed E-state index contributed by atoms with van der Waals surface area (Å²) in [6, 6.07) is 8.16. The van der Waals surface area contributed by atoms with E-state index in [1.165, 1.54) is 30.3 Å². The minimum absolute atomic E-state index is 0.0618. The van der Waals surface area contributed by atoms with Crippen LogP contribution in [0.1, 0.15) is 21.0 Å². The minimum atomic E-state index is -1.23. The number of hydrogen-bond donors (Lipinski definition) is 2. The van der Waals surface area contributed by atoms with E-state index in [2.05, 4.69) is 26.2 Å². The van der Waals surface area contributed by atoms with Crippen molar-refractivity contribution < 1.29 is 19.1 Å². The van der Waals surface area contributed by atoms with Crippen LogP contribution < -0.4 is 5.32 Å². The van der Waals surface area contributed by atoms with Crippen LogP contribution in [0.5, 0.6) is 0 Å². The Hall–Kier alpha value is -2.28. The first-order valence-corrected chi connectivity index (χ1v) is 6.23. The van der Waals surface area contributed by atoms with Gasteiger partial charge in [-0.2, -0.15) is 0 Å². The molecule has 0 aliphatic carbocycles. The van der Waals surface area contributed by atoms with Gasteiger partial charge in [-0.15, -0.1) is 0 Å². The van der Waals surface area contributed by atoms with Crippen LogP contribution >= 0.6 is 15.9 Å². The molecule has 2 aromatic rings. The highest BCUT2D eigenvalue weighted by molar-refractivity contribution is 9.10. The van der Waals surface area contributed by atoms with Crippen LogP contribution in [0, 0.1) is 5.82 Å². The lowest BCUT2D eigenvalue weighted by atomic mass is 10.2. The number of carboxylic acid groups (broad SMARTS) is 1. The molecule has 1 aromatic carbocycles. The van der Waals surface area contributed by atoms with Gasteiger partial charge < -0.3 is 10.4 Å². The molecule has 0 radical (unpaired) electrons. The molecule has 2 N–H and O–H groups in total. The number of carbonyl (C=O) groups is 2. The zero-order chi connectivity index (χ0) is 14.7. The molecular formula is C13H8BrFN2O3. The molecule has 0 atom stereocenters. The number of carboxylic acids is 1. The maximum Gasteiger partial charge on any atom is 0.354 e. The second kappa shape index (κ2) is 5.79. The first-order valence-electron chi connectivity index (χ1n) is 5.44. The number of rotatable bonds is 3. The molecular weight excluding hydrogens is 331 g/mol. The second-order valence-corrected chi connectivity index (χ2v) is 4.65. The van der Waals surface area contributed by atoms with Gasteiger partial charge in [-0.25, -0.2) is 14.2 Å². The van der Waals surface area contributed by atoms with Gasteiger partial charge in [-0.3, -0.25) is 4.79 Å². The number of amides is 1. The number of aromatic carboxylic acids is 1. The summed E-state index contributed by atoms with van der Waals surface area (Å²) < 4.78 is 13.6. The fourth-order valence-corrected chi connectivity index (χ4v) is 1.70. The fraction of sp³-hybridized carbons (Fsp3) is 0. The number of anilines is 1.